The first-order chi connectivity index (χ1) is 7.97. The van der Waals surface area contributed by atoms with Crippen molar-refractivity contribution in [3.05, 3.63) is 29.6 Å². The van der Waals surface area contributed by atoms with Crippen molar-refractivity contribution in [3.8, 4) is 5.75 Å². The van der Waals surface area contributed by atoms with Crippen LogP contribution in [0.5, 0.6) is 5.75 Å². The summed E-state index contributed by atoms with van der Waals surface area (Å²) in [6, 6.07) is 3.53. The number of hydrogen-bond acceptors (Lipinski definition) is 3. The molecule has 1 atom stereocenters. The van der Waals surface area contributed by atoms with Crippen LogP contribution in [0.1, 0.15) is 17.3 Å². The number of nitrogens with one attached hydrogen (secondary N) is 1. The molecule has 1 aromatic rings. The van der Waals surface area contributed by atoms with E-state index < -0.39 is 29.5 Å². The molecule has 0 fully saturated rings. The summed E-state index contributed by atoms with van der Waals surface area (Å²) in [5, 5.41) is 11.2. The molecule has 0 saturated heterocycles. The molecule has 0 aliphatic carbocycles. The number of carbonyl (C=O) groups excluding carboxylic acids is 1. The fraction of sp³-hybridized carbons (Fsp3) is 0.273. The Bertz CT molecular complexity index is 447. The SMILES string of the molecule is CNC(=O)C(C)Oc1c(F)cccc1C(=O)O. The van der Waals surface area contributed by atoms with Gasteiger partial charge in [0.05, 0.1) is 0 Å². The Hall–Kier alpha value is -2.11. The van der Waals surface area contributed by atoms with Crippen LogP contribution < -0.4 is 10.1 Å². The first-order valence-corrected chi connectivity index (χ1v) is 4.87. The molecule has 1 unspecified atom stereocenters. The largest absolute Gasteiger partial charge is 0.478 e. The minimum absolute atomic E-state index is 0.319. The highest BCUT2D eigenvalue weighted by molar-refractivity contribution is 5.91. The van der Waals surface area contributed by atoms with E-state index in [0.717, 1.165) is 6.07 Å². The molecule has 0 aliphatic heterocycles. The zero-order valence-corrected chi connectivity index (χ0v) is 9.36. The standard InChI is InChI=1S/C11H12FNO4/c1-6(10(14)13-2)17-9-7(11(15)16)4-3-5-8(9)12/h3-6H,1-2H3,(H,13,14)(H,15,16). The van der Waals surface area contributed by atoms with Crippen molar-refractivity contribution in [2.24, 2.45) is 0 Å². The highest BCUT2D eigenvalue weighted by Crippen LogP contribution is 2.23. The second-order valence-electron chi connectivity index (χ2n) is 3.30. The lowest BCUT2D eigenvalue weighted by atomic mass is 10.2. The van der Waals surface area contributed by atoms with Crippen LogP contribution in [0.4, 0.5) is 4.39 Å². The van der Waals surface area contributed by atoms with E-state index in [2.05, 4.69) is 5.32 Å². The average molecular weight is 241 g/mol. The van der Waals surface area contributed by atoms with Crippen molar-refractivity contribution in [3.63, 3.8) is 0 Å². The van der Waals surface area contributed by atoms with Gasteiger partial charge in [0.15, 0.2) is 17.7 Å². The second-order valence-corrected chi connectivity index (χ2v) is 3.30. The van der Waals surface area contributed by atoms with Gasteiger partial charge < -0.3 is 15.2 Å². The van der Waals surface area contributed by atoms with E-state index >= 15 is 0 Å². The summed E-state index contributed by atoms with van der Waals surface area (Å²) in [5.74, 6) is -3.04. The molecule has 0 radical (unpaired) electrons. The van der Waals surface area contributed by atoms with Crippen LogP contribution in [0.2, 0.25) is 0 Å². The van der Waals surface area contributed by atoms with Gasteiger partial charge in [0, 0.05) is 7.05 Å². The fourth-order valence-electron chi connectivity index (χ4n) is 1.23. The summed E-state index contributed by atoms with van der Waals surface area (Å²) in [6.45, 7) is 1.40. The van der Waals surface area contributed by atoms with Crippen LogP contribution in [0.3, 0.4) is 0 Å². The molecule has 0 aliphatic rings. The molecule has 0 heterocycles. The lowest BCUT2D eigenvalue weighted by molar-refractivity contribution is -0.126. The number of benzene rings is 1. The Balaban J connectivity index is 3.05. The maximum absolute atomic E-state index is 13.4. The molecule has 0 saturated carbocycles. The molecule has 0 bridgehead atoms. The maximum atomic E-state index is 13.4. The van der Waals surface area contributed by atoms with E-state index in [1.165, 1.54) is 26.1 Å². The third-order valence-electron chi connectivity index (χ3n) is 2.11. The molecule has 1 rings (SSSR count). The minimum Gasteiger partial charge on any atom is -0.478 e. The molecule has 0 aromatic heterocycles. The van der Waals surface area contributed by atoms with Crippen molar-refractivity contribution in [2.75, 3.05) is 7.05 Å². The average Bonchev–Trinajstić information content (AvgIpc) is 2.30. The Morgan fingerprint density at radius 3 is 2.65 bits per heavy atom. The quantitative estimate of drug-likeness (QED) is 0.825. The molecule has 1 amide bonds. The second kappa shape index (κ2) is 5.29. The summed E-state index contributed by atoms with van der Waals surface area (Å²) in [4.78, 5) is 22.1. The lowest BCUT2D eigenvalue weighted by Crippen LogP contribution is -2.34. The van der Waals surface area contributed by atoms with E-state index in [9.17, 15) is 14.0 Å². The first-order valence-electron chi connectivity index (χ1n) is 4.87. The predicted octanol–water partition coefficient (Wildman–Crippen LogP) is 1.04. The van der Waals surface area contributed by atoms with Gasteiger partial charge in [-0.15, -0.1) is 0 Å². The zero-order valence-electron chi connectivity index (χ0n) is 9.36. The van der Waals surface area contributed by atoms with Crippen molar-refractivity contribution in [1.82, 2.24) is 5.32 Å². The van der Waals surface area contributed by atoms with Gasteiger partial charge in [0.2, 0.25) is 0 Å². The third kappa shape index (κ3) is 2.93. The van der Waals surface area contributed by atoms with Crippen LogP contribution in [0, 0.1) is 5.82 Å². The molecule has 92 valence electrons. The zero-order chi connectivity index (χ0) is 13.0. The van der Waals surface area contributed by atoms with E-state index in [-0.39, 0.29) is 5.56 Å². The summed E-state index contributed by atoms with van der Waals surface area (Å²) >= 11 is 0. The van der Waals surface area contributed by atoms with E-state index in [1.54, 1.807) is 0 Å². The van der Waals surface area contributed by atoms with Gasteiger partial charge in [-0.2, -0.15) is 0 Å². The van der Waals surface area contributed by atoms with Gasteiger partial charge in [-0.25, -0.2) is 9.18 Å². The third-order valence-corrected chi connectivity index (χ3v) is 2.11. The first kappa shape index (κ1) is 13.0. The molecular formula is C11H12FNO4. The summed E-state index contributed by atoms with van der Waals surface area (Å²) in [5.41, 5.74) is -0.319. The van der Waals surface area contributed by atoms with Crippen molar-refractivity contribution in [2.45, 2.75) is 13.0 Å². The molecule has 1 aromatic carbocycles. The van der Waals surface area contributed by atoms with Gasteiger partial charge >= 0.3 is 5.97 Å². The number of likely N-dealkylation sites (N-methyl/N-ethyl adjacent to an activating group) is 1. The smallest absolute Gasteiger partial charge is 0.339 e. The molecule has 0 spiro atoms. The number of rotatable bonds is 4. The number of halogens is 1. The Morgan fingerprint density at radius 2 is 2.12 bits per heavy atom. The highest BCUT2D eigenvalue weighted by atomic mass is 19.1. The maximum Gasteiger partial charge on any atom is 0.339 e. The topological polar surface area (TPSA) is 75.6 Å². The molecular weight excluding hydrogens is 229 g/mol. The van der Waals surface area contributed by atoms with Gasteiger partial charge in [-0.1, -0.05) is 6.07 Å². The predicted molar refractivity (Wildman–Crippen MR) is 57.5 cm³/mol. The Labute approximate surface area is 97.2 Å². The van der Waals surface area contributed by atoms with Crippen LogP contribution >= 0.6 is 0 Å². The number of carboxylic acids is 1. The fourth-order valence-corrected chi connectivity index (χ4v) is 1.23. The van der Waals surface area contributed by atoms with Crippen molar-refractivity contribution in [1.29, 1.82) is 0 Å². The number of amides is 1. The van der Waals surface area contributed by atoms with Gasteiger partial charge in [-0.05, 0) is 19.1 Å². The van der Waals surface area contributed by atoms with Crippen LogP contribution in [0.25, 0.3) is 0 Å². The highest BCUT2D eigenvalue weighted by Gasteiger charge is 2.20. The Morgan fingerprint density at radius 1 is 1.47 bits per heavy atom. The van der Waals surface area contributed by atoms with E-state index in [0.29, 0.717) is 0 Å². The molecule has 5 nitrogen and oxygen atoms in total. The monoisotopic (exact) mass is 241 g/mol. The van der Waals surface area contributed by atoms with Gasteiger partial charge in [0.25, 0.3) is 5.91 Å². The number of carboxylic acid groups (broad SMARTS) is 1. The molecule has 17 heavy (non-hydrogen) atoms. The van der Waals surface area contributed by atoms with Crippen LogP contribution in [0.15, 0.2) is 18.2 Å². The van der Waals surface area contributed by atoms with E-state index in [1.807, 2.05) is 0 Å². The molecule has 2 N–H and O–H groups in total. The number of hydrogen-bond donors (Lipinski definition) is 2. The van der Waals surface area contributed by atoms with Crippen molar-refractivity contribution >= 4 is 11.9 Å². The summed E-state index contributed by atoms with van der Waals surface area (Å²) < 4.78 is 18.4. The summed E-state index contributed by atoms with van der Waals surface area (Å²) in [6.07, 6.45) is -0.977. The van der Waals surface area contributed by atoms with Gasteiger partial charge in [-0.3, -0.25) is 4.79 Å². The summed E-state index contributed by atoms with van der Waals surface area (Å²) in [7, 11) is 1.40. The van der Waals surface area contributed by atoms with E-state index in [4.69, 9.17) is 9.84 Å². The number of aromatic carboxylic acids is 1. The van der Waals surface area contributed by atoms with Crippen molar-refractivity contribution < 1.29 is 23.8 Å². The number of carbonyl (C=O) groups is 2. The number of para-hydroxylation sites is 1. The minimum atomic E-state index is -1.32. The van der Waals surface area contributed by atoms with Crippen LogP contribution in [-0.2, 0) is 4.79 Å². The Kier molecular flexibility index (Phi) is 4.03. The normalized spacial score (nSPS) is 11.7. The van der Waals surface area contributed by atoms with Crippen LogP contribution in [-0.4, -0.2) is 30.1 Å². The lowest BCUT2D eigenvalue weighted by Gasteiger charge is -2.15. The number of ether oxygens (including phenoxy) is 1. The molecule has 6 heteroatoms. The van der Waals surface area contributed by atoms with Gasteiger partial charge in [0.1, 0.15) is 5.56 Å².